The summed E-state index contributed by atoms with van der Waals surface area (Å²) in [6.45, 7) is 0.283. The van der Waals surface area contributed by atoms with Crippen molar-refractivity contribution in [1.82, 2.24) is 4.72 Å². The average Bonchev–Trinajstić information content (AvgIpc) is 2.16. The Morgan fingerprint density at radius 2 is 1.75 bits per heavy atom. The van der Waals surface area contributed by atoms with Gasteiger partial charge in [0, 0.05) is 17.2 Å². The molecule has 0 heterocycles. The quantitative estimate of drug-likeness (QED) is 0.601. The molecule has 0 aromatic heterocycles. The van der Waals surface area contributed by atoms with Crippen LogP contribution in [0.15, 0.2) is 29.2 Å². The Bertz CT molecular complexity index is 513. The summed E-state index contributed by atoms with van der Waals surface area (Å²) in [5.74, 6) is 0. The van der Waals surface area contributed by atoms with Crippen molar-refractivity contribution in [1.29, 1.82) is 0 Å². The number of nitrogens with one attached hydrogen (secondary N) is 1. The lowest BCUT2D eigenvalue weighted by molar-refractivity contribution is 0.601. The van der Waals surface area contributed by atoms with Crippen LogP contribution in [0.2, 0.25) is 0 Å². The molecule has 0 fully saturated rings. The first kappa shape index (κ1) is 13.4. The summed E-state index contributed by atoms with van der Waals surface area (Å²) in [6.07, 6.45) is 0.492. The predicted molar refractivity (Wildman–Crippen MR) is 61.5 cm³/mol. The van der Waals surface area contributed by atoms with Crippen LogP contribution in [0.5, 0.6) is 0 Å². The fourth-order valence-electron chi connectivity index (χ4n) is 1.11. The fourth-order valence-corrected chi connectivity index (χ4v) is 2.17. The molecule has 1 aromatic carbocycles. The lowest BCUT2D eigenvalue weighted by atomic mass is 10.2. The maximum absolute atomic E-state index is 10.9. The largest absolute Gasteiger partial charge is 0.261 e. The van der Waals surface area contributed by atoms with Crippen LogP contribution in [0.3, 0.4) is 0 Å². The van der Waals surface area contributed by atoms with E-state index in [2.05, 4.69) is 4.72 Å². The SMILES string of the molecule is O=[SH](=O)NCCc1ccc(S(=O)(=O)Cl)cc1. The second-order valence-electron chi connectivity index (χ2n) is 3.00. The standard InChI is InChI=1S/C8H10ClNO4S2/c9-16(13,14)8-3-1-7(2-4-8)5-6-10-15(11)12/h1-4,15H,5-6H2,(H,10,11,12). The van der Waals surface area contributed by atoms with Gasteiger partial charge >= 0.3 is 0 Å². The first-order valence-electron chi connectivity index (χ1n) is 4.31. The number of hydrogen-bond donors (Lipinski definition) is 2. The van der Waals surface area contributed by atoms with Gasteiger partial charge in [0.25, 0.3) is 9.05 Å². The summed E-state index contributed by atoms with van der Waals surface area (Å²) in [7, 11) is -1.15. The van der Waals surface area contributed by atoms with E-state index >= 15 is 0 Å². The zero-order valence-electron chi connectivity index (χ0n) is 8.09. The van der Waals surface area contributed by atoms with Gasteiger partial charge in [0.15, 0.2) is 0 Å². The summed E-state index contributed by atoms with van der Waals surface area (Å²) in [5.41, 5.74) is 0.827. The number of halogens is 1. The Morgan fingerprint density at radius 3 is 2.19 bits per heavy atom. The van der Waals surface area contributed by atoms with Gasteiger partial charge in [0.2, 0.25) is 10.9 Å². The molecule has 0 radical (unpaired) electrons. The topological polar surface area (TPSA) is 80.3 Å². The van der Waals surface area contributed by atoms with Crippen LogP contribution < -0.4 is 4.72 Å². The minimum atomic E-state index is -3.69. The number of benzene rings is 1. The van der Waals surface area contributed by atoms with Crippen LogP contribution in [0.1, 0.15) is 5.56 Å². The van der Waals surface area contributed by atoms with E-state index in [0.717, 1.165) is 5.56 Å². The van der Waals surface area contributed by atoms with Crippen molar-refractivity contribution in [2.75, 3.05) is 6.54 Å². The number of thiol groups is 1. The van der Waals surface area contributed by atoms with Crippen molar-refractivity contribution in [2.24, 2.45) is 0 Å². The highest BCUT2D eigenvalue weighted by Gasteiger charge is 2.08. The highest BCUT2D eigenvalue weighted by Crippen LogP contribution is 2.15. The molecule has 0 saturated heterocycles. The fraction of sp³-hybridized carbons (Fsp3) is 0.250. The van der Waals surface area contributed by atoms with E-state index in [-0.39, 0.29) is 11.4 Å². The van der Waals surface area contributed by atoms with Gasteiger partial charge in [-0.2, -0.15) is 0 Å². The molecule has 0 spiro atoms. The Balaban J connectivity index is 2.65. The molecular weight excluding hydrogens is 274 g/mol. The first-order chi connectivity index (χ1) is 7.39. The van der Waals surface area contributed by atoms with Gasteiger partial charge < -0.3 is 0 Å². The van der Waals surface area contributed by atoms with E-state index in [4.69, 9.17) is 10.7 Å². The molecule has 0 amide bonds. The van der Waals surface area contributed by atoms with Gasteiger partial charge in [-0.25, -0.2) is 21.6 Å². The van der Waals surface area contributed by atoms with Crippen LogP contribution in [0.4, 0.5) is 0 Å². The molecule has 5 nitrogen and oxygen atoms in total. The third-order valence-electron chi connectivity index (χ3n) is 1.86. The summed E-state index contributed by atoms with van der Waals surface area (Å²) in [6, 6.07) is 5.95. The Morgan fingerprint density at radius 1 is 1.19 bits per heavy atom. The minimum Gasteiger partial charge on any atom is -0.217 e. The van der Waals surface area contributed by atoms with Gasteiger partial charge in [-0.3, -0.25) is 0 Å². The van der Waals surface area contributed by atoms with Crippen LogP contribution in [0.25, 0.3) is 0 Å². The van der Waals surface area contributed by atoms with Gasteiger partial charge in [0.05, 0.1) is 4.90 Å². The van der Waals surface area contributed by atoms with Crippen LogP contribution in [-0.4, -0.2) is 23.4 Å². The third kappa shape index (κ3) is 4.48. The first-order valence-corrected chi connectivity index (χ1v) is 7.80. The molecule has 0 bridgehead atoms. The van der Waals surface area contributed by atoms with Gasteiger partial charge in [-0.15, -0.1) is 0 Å². The van der Waals surface area contributed by atoms with Crippen LogP contribution >= 0.6 is 10.7 Å². The monoisotopic (exact) mass is 283 g/mol. The summed E-state index contributed by atoms with van der Waals surface area (Å²) in [5, 5.41) is 0. The third-order valence-corrected chi connectivity index (χ3v) is 3.71. The average molecular weight is 284 g/mol. The van der Waals surface area contributed by atoms with Crippen molar-refractivity contribution in [3.8, 4) is 0 Å². The van der Waals surface area contributed by atoms with Gasteiger partial charge in [0.1, 0.15) is 0 Å². The van der Waals surface area contributed by atoms with Crippen molar-refractivity contribution >= 4 is 30.6 Å². The molecule has 1 N–H and O–H groups in total. The molecule has 16 heavy (non-hydrogen) atoms. The maximum Gasteiger partial charge on any atom is 0.261 e. The van der Waals surface area contributed by atoms with E-state index in [1.807, 2.05) is 0 Å². The zero-order chi connectivity index (χ0) is 12.2. The molecule has 1 rings (SSSR count). The molecular formula is C8H10ClNO4S2. The molecule has 90 valence electrons. The Hall–Kier alpha value is -0.630. The molecule has 0 saturated carbocycles. The van der Waals surface area contributed by atoms with Gasteiger partial charge in [-0.1, -0.05) is 12.1 Å². The number of hydrogen-bond acceptors (Lipinski definition) is 4. The van der Waals surface area contributed by atoms with Crippen molar-refractivity contribution in [2.45, 2.75) is 11.3 Å². The molecule has 1 aromatic rings. The van der Waals surface area contributed by atoms with Crippen molar-refractivity contribution in [3.05, 3.63) is 29.8 Å². The Kier molecular flexibility index (Phi) is 4.72. The lowest BCUT2D eigenvalue weighted by Crippen LogP contribution is -2.14. The maximum atomic E-state index is 10.9. The molecule has 0 aliphatic rings. The zero-order valence-corrected chi connectivity index (χ0v) is 10.6. The molecule has 0 unspecified atom stereocenters. The molecule has 0 aliphatic heterocycles. The van der Waals surface area contributed by atoms with Crippen molar-refractivity contribution in [3.63, 3.8) is 0 Å². The molecule has 0 aliphatic carbocycles. The van der Waals surface area contributed by atoms with E-state index in [9.17, 15) is 16.8 Å². The minimum absolute atomic E-state index is 0.0285. The highest BCUT2D eigenvalue weighted by molar-refractivity contribution is 8.13. The van der Waals surface area contributed by atoms with E-state index in [1.54, 1.807) is 12.1 Å². The Labute approximate surface area is 99.9 Å². The normalized spacial score (nSPS) is 11.9. The second kappa shape index (κ2) is 5.62. The summed E-state index contributed by atoms with van der Waals surface area (Å²) >= 11 is 0. The van der Waals surface area contributed by atoms with E-state index in [1.165, 1.54) is 12.1 Å². The molecule has 0 atom stereocenters. The van der Waals surface area contributed by atoms with Crippen LogP contribution in [-0.2, 0) is 26.4 Å². The lowest BCUT2D eigenvalue weighted by Gasteiger charge is -2.01. The van der Waals surface area contributed by atoms with Crippen LogP contribution in [0, 0.1) is 0 Å². The van der Waals surface area contributed by atoms with E-state index < -0.39 is 19.9 Å². The second-order valence-corrected chi connectivity index (χ2v) is 6.39. The molecule has 8 heteroatoms. The highest BCUT2D eigenvalue weighted by atomic mass is 35.7. The smallest absolute Gasteiger partial charge is 0.217 e. The van der Waals surface area contributed by atoms with Crippen molar-refractivity contribution < 1.29 is 16.8 Å². The van der Waals surface area contributed by atoms with E-state index in [0.29, 0.717) is 6.42 Å². The predicted octanol–water partition coefficient (Wildman–Crippen LogP) is 0.273. The van der Waals surface area contributed by atoms with Gasteiger partial charge in [-0.05, 0) is 24.1 Å². The number of rotatable bonds is 5. The summed E-state index contributed by atoms with van der Waals surface area (Å²) in [4.78, 5) is 0.0285. The summed E-state index contributed by atoms with van der Waals surface area (Å²) < 4.78 is 44.5.